The van der Waals surface area contributed by atoms with E-state index >= 15 is 0 Å². The summed E-state index contributed by atoms with van der Waals surface area (Å²) in [7, 11) is -3.73. The lowest BCUT2D eigenvalue weighted by Crippen LogP contribution is -2.18. The minimum absolute atomic E-state index is 0.113. The molecule has 3 N–H and O–H groups in total. The molecule has 0 saturated carbocycles. The van der Waals surface area contributed by atoms with Crippen molar-refractivity contribution in [3.63, 3.8) is 0 Å². The van der Waals surface area contributed by atoms with Gasteiger partial charge in [0.25, 0.3) is 10.0 Å². The molecule has 0 radical (unpaired) electrons. The van der Waals surface area contributed by atoms with E-state index in [0.29, 0.717) is 10.0 Å². The summed E-state index contributed by atoms with van der Waals surface area (Å²) in [5.41, 5.74) is 5.93. The van der Waals surface area contributed by atoms with Gasteiger partial charge in [-0.05, 0) is 24.6 Å². The minimum Gasteiger partial charge on any atom is -0.368 e. The van der Waals surface area contributed by atoms with Crippen LogP contribution in [0.15, 0.2) is 40.0 Å². The molecule has 1 amide bonds. The summed E-state index contributed by atoms with van der Waals surface area (Å²) < 4.78 is 29.0. The smallest absolute Gasteiger partial charge is 0.262 e. The van der Waals surface area contributed by atoms with Crippen LogP contribution in [0.2, 0.25) is 0 Å². The molecule has 0 spiro atoms. The fourth-order valence-electron chi connectivity index (χ4n) is 1.74. The van der Waals surface area contributed by atoms with E-state index in [4.69, 9.17) is 5.73 Å². The van der Waals surface area contributed by atoms with Gasteiger partial charge in [0.15, 0.2) is 0 Å². The normalized spacial score (nSPS) is 11.3. The third-order valence-corrected chi connectivity index (χ3v) is 4.66. The van der Waals surface area contributed by atoms with Crippen molar-refractivity contribution in [1.82, 2.24) is 9.78 Å². The maximum Gasteiger partial charge on any atom is 0.262 e. The Morgan fingerprint density at radius 1 is 1.48 bits per heavy atom. The molecule has 21 heavy (non-hydrogen) atoms. The highest BCUT2D eigenvalue weighted by Crippen LogP contribution is 2.22. The number of rotatable bonds is 5. The number of primary amides is 1. The molecule has 0 bridgehead atoms. The number of amides is 1. The first kappa shape index (κ1) is 15.5. The monoisotopic (exact) mass is 372 g/mol. The minimum atomic E-state index is -3.73. The van der Waals surface area contributed by atoms with E-state index in [9.17, 15) is 13.2 Å². The molecule has 112 valence electrons. The van der Waals surface area contributed by atoms with E-state index in [1.165, 1.54) is 23.1 Å². The number of aryl methyl sites for hydroxylation is 1. The molecule has 1 aromatic carbocycles. The Balaban J connectivity index is 2.27. The molecule has 0 unspecified atom stereocenters. The molecule has 1 aromatic heterocycles. The Kier molecular flexibility index (Phi) is 4.33. The lowest BCUT2D eigenvalue weighted by atomic mass is 10.2. The van der Waals surface area contributed by atoms with Gasteiger partial charge in [0, 0.05) is 10.7 Å². The molecule has 7 nitrogen and oxygen atoms in total. The van der Waals surface area contributed by atoms with Crippen molar-refractivity contribution in [2.24, 2.45) is 5.73 Å². The van der Waals surface area contributed by atoms with Crippen LogP contribution in [0.25, 0.3) is 0 Å². The number of halogens is 1. The molecule has 0 fully saturated rings. The summed E-state index contributed by atoms with van der Waals surface area (Å²) >= 11 is 3.25. The Bertz CT molecular complexity index is 786. The van der Waals surface area contributed by atoms with Crippen molar-refractivity contribution < 1.29 is 13.2 Å². The molecule has 9 heteroatoms. The standard InChI is InChI=1S/C12H13BrN4O3S/c1-8-2-3-9(13)4-11(8)21(19,20)16-10-5-15-17(6-10)7-12(14)18/h2-6,16H,7H2,1H3,(H2,14,18). The van der Waals surface area contributed by atoms with Crippen molar-refractivity contribution in [2.45, 2.75) is 18.4 Å². The van der Waals surface area contributed by atoms with E-state index in [1.54, 1.807) is 19.1 Å². The Hall–Kier alpha value is -1.87. The van der Waals surface area contributed by atoms with E-state index < -0.39 is 15.9 Å². The summed E-state index contributed by atoms with van der Waals surface area (Å²) in [6, 6.07) is 4.99. The second-order valence-corrected chi connectivity index (χ2v) is 6.97. The summed E-state index contributed by atoms with van der Waals surface area (Å²) in [6.45, 7) is 1.59. The average Bonchev–Trinajstić information content (AvgIpc) is 2.77. The molecule has 1 heterocycles. The van der Waals surface area contributed by atoms with Gasteiger partial charge in [-0.1, -0.05) is 22.0 Å². The van der Waals surface area contributed by atoms with Gasteiger partial charge in [-0.3, -0.25) is 14.2 Å². The molecule has 2 rings (SSSR count). The van der Waals surface area contributed by atoms with Crippen LogP contribution in [0.5, 0.6) is 0 Å². The first-order valence-corrected chi connectivity index (χ1v) is 8.15. The maximum absolute atomic E-state index is 12.3. The Labute approximate surface area is 130 Å². The SMILES string of the molecule is Cc1ccc(Br)cc1S(=O)(=O)Nc1cnn(CC(N)=O)c1. The van der Waals surface area contributed by atoms with Gasteiger partial charge in [-0.15, -0.1) is 0 Å². The number of nitrogens with zero attached hydrogens (tertiary/aromatic N) is 2. The topological polar surface area (TPSA) is 107 Å². The molecular formula is C12H13BrN4O3S. The second-order valence-electron chi connectivity index (χ2n) is 4.41. The number of nitrogens with one attached hydrogen (secondary N) is 1. The first-order valence-electron chi connectivity index (χ1n) is 5.87. The summed E-state index contributed by atoms with van der Waals surface area (Å²) in [5, 5.41) is 3.85. The molecular weight excluding hydrogens is 360 g/mol. The van der Waals surface area contributed by atoms with Crippen LogP contribution < -0.4 is 10.5 Å². The van der Waals surface area contributed by atoms with Gasteiger partial charge in [0.05, 0.1) is 16.8 Å². The van der Waals surface area contributed by atoms with Gasteiger partial charge >= 0.3 is 0 Å². The zero-order valence-corrected chi connectivity index (χ0v) is 13.5. The van der Waals surface area contributed by atoms with E-state index in [1.807, 2.05) is 0 Å². The second kappa shape index (κ2) is 5.86. The number of aromatic nitrogens is 2. The van der Waals surface area contributed by atoms with Gasteiger partial charge in [-0.25, -0.2) is 8.42 Å². The summed E-state index contributed by atoms with van der Waals surface area (Å²) in [4.78, 5) is 11.0. The molecule has 0 aliphatic rings. The predicted molar refractivity (Wildman–Crippen MR) is 81.1 cm³/mol. The molecule has 0 aliphatic heterocycles. The third-order valence-electron chi connectivity index (χ3n) is 2.64. The van der Waals surface area contributed by atoms with Gasteiger partial charge < -0.3 is 5.73 Å². The van der Waals surface area contributed by atoms with Crippen molar-refractivity contribution >= 4 is 37.5 Å². The predicted octanol–water partition coefficient (Wildman–Crippen LogP) is 1.24. The number of sulfonamides is 1. The quantitative estimate of drug-likeness (QED) is 0.822. The molecule has 0 atom stereocenters. The van der Waals surface area contributed by atoms with Crippen LogP contribution >= 0.6 is 15.9 Å². The fourth-order valence-corrected chi connectivity index (χ4v) is 3.55. The summed E-state index contributed by atoms with van der Waals surface area (Å²) in [6.07, 6.45) is 2.71. The number of hydrogen-bond donors (Lipinski definition) is 2. The highest BCUT2D eigenvalue weighted by atomic mass is 79.9. The fraction of sp³-hybridized carbons (Fsp3) is 0.167. The van der Waals surface area contributed by atoms with Gasteiger partial charge in [0.1, 0.15) is 6.54 Å². The molecule has 0 aliphatic carbocycles. The van der Waals surface area contributed by atoms with Crippen LogP contribution in [0.4, 0.5) is 5.69 Å². The third kappa shape index (κ3) is 3.82. The zero-order valence-electron chi connectivity index (χ0n) is 11.1. The number of hydrogen-bond acceptors (Lipinski definition) is 4. The van der Waals surface area contributed by atoms with Gasteiger partial charge in [0.2, 0.25) is 5.91 Å². The highest BCUT2D eigenvalue weighted by molar-refractivity contribution is 9.10. The van der Waals surface area contributed by atoms with Crippen LogP contribution in [0, 0.1) is 6.92 Å². The number of benzene rings is 1. The van der Waals surface area contributed by atoms with E-state index in [0.717, 1.165) is 0 Å². The zero-order chi connectivity index (χ0) is 15.6. The van der Waals surface area contributed by atoms with Crippen molar-refractivity contribution in [3.05, 3.63) is 40.6 Å². The molecule has 0 saturated heterocycles. The lowest BCUT2D eigenvalue weighted by molar-refractivity contribution is -0.118. The van der Waals surface area contributed by atoms with E-state index in [-0.39, 0.29) is 17.1 Å². The van der Waals surface area contributed by atoms with Crippen molar-refractivity contribution in [2.75, 3.05) is 4.72 Å². The Morgan fingerprint density at radius 3 is 2.86 bits per heavy atom. The maximum atomic E-state index is 12.3. The first-order chi connectivity index (χ1) is 9.78. The van der Waals surface area contributed by atoms with E-state index in [2.05, 4.69) is 25.8 Å². The highest BCUT2D eigenvalue weighted by Gasteiger charge is 2.18. The van der Waals surface area contributed by atoms with Crippen LogP contribution in [0.1, 0.15) is 5.56 Å². The number of carbonyl (C=O) groups excluding carboxylic acids is 1. The van der Waals surface area contributed by atoms with Crippen LogP contribution in [-0.4, -0.2) is 24.1 Å². The van der Waals surface area contributed by atoms with Crippen molar-refractivity contribution in [1.29, 1.82) is 0 Å². The van der Waals surface area contributed by atoms with Crippen LogP contribution in [0.3, 0.4) is 0 Å². The molecule has 2 aromatic rings. The number of nitrogens with two attached hydrogens (primary N) is 1. The summed E-state index contributed by atoms with van der Waals surface area (Å²) in [5.74, 6) is -0.560. The lowest BCUT2D eigenvalue weighted by Gasteiger charge is -2.09. The number of carbonyl (C=O) groups is 1. The average molecular weight is 373 g/mol. The van der Waals surface area contributed by atoms with Gasteiger partial charge in [-0.2, -0.15) is 5.10 Å². The van der Waals surface area contributed by atoms with Crippen LogP contribution in [-0.2, 0) is 21.4 Å². The number of anilines is 1. The van der Waals surface area contributed by atoms with Crippen molar-refractivity contribution in [3.8, 4) is 0 Å². The largest absolute Gasteiger partial charge is 0.368 e. The Morgan fingerprint density at radius 2 is 2.19 bits per heavy atom.